The largest absolute Gasteiger partial charge is 0.401 e. The molecule has 0 saturated heterocycles. The Bertz CT molecular complexity index is 216. The Balaban J connectivity index is 4.62. The van der Waals surface area contributed by atoms with E-state index in [0.29, 0.717) is 6.54 Å². The highest BCUT2D eigenvalue weighted by Crippen LogP contribution is 2.25. The van der Waals surface area contributed by atoms with Crippen molar-refractivity contribution in [2.75, 3.05) is 26.7 Å². The zero-order valence-electron chi connectivity index (χ0n) is 11.5. The van der Waals surface area contributed by atoms with Gasteiger partial charge in [0.15, 0.2) is 0 Å². The van der Waals surface area contributed by atoms with Crippen LogP contribution in [0.3, 0.4) is 0 Å². The van der Waals surface area contributed by atoms with Crippen LogP contribution in [0.1, 0.15) is 34.1 Å². The van der Waals surface area contributed by atoms with Gasteiger partial charge in [0.1, 0.15) is 0 Å². The molecular formula is C12H25F3N2. The molecule has 0 aliphatic carbocycles. The Labute approximate surface area is 103 Å². The van der Waals surface area contributed by atoms with E-state index in [4.69, 9.17) is 0 Å². The van der Waals surface area contributed by atoms with Gasteiger partial charge in [-0.3, -0.25) is 4.90 Å². The molecule has 0 heterocycles. The van der Waals surface area contributed by atoms with Gasteiger partial charge >= 0.3 is 6.18 Å². The Morgan fingerprint density at radius 1 is 1.18 bits per heavy atom. The Morgan fingerprint density at radius 3 is 2.00 bits per heavy atom. The first kappa shape index (κ1) is 16.7. The highest BCUT2D eigenvalue weighted by atomic mass is 19.4. The first-order valence-corrected chi connectivity index (χ1v) is 6.09. The number of nitrogens with one attached hydrogen (secondary N) is 1. The van der Waals surface area contributed by atoms with Crippen molar-refractivity contribution >= 4 is 0 Å². The SMILES string of the molecule is CCC(C)(CNC)CN(CC(F)(F)F)C(C)C. The minimum absolute atomic E-state index is 0.0978. The molecule has 17 heavy (non-hydrogen) atoms. The van der Waals surface area contributed by atoms with E-state index in [9.17, 15) is 13.2 Å². The smallest absolute Gasteiger partial charge is 0.319 e. The third-order valence-corrected chi connectivity index (χ3v) is 3.15. The Hall–Kier alpha value is -0.290. The molecule has 2 nitrogen and oxygen atoms in total. The van der Waals surface area contributed by atoms with Crippen LogP contribution in [0.4, 0.5) is 13.2 Å². The molecule has 0 amide bonds. The molecule has 0 rings (SSSR count). The van der Waals surface area contributed by atoms with Crippen molar-refractivity contribution in [3.63, 3.8) is 0 Å². The van der Waals surface area contributed by atoms with Gasteiger partial charge in [0.25, 0.3) is 0 Å². The summed E-state index contributed by atoms with van der Waals surface area (Å²) < 4.78 is 37.4. The summed E-state index contributed by atoms with van der Waals surface area (Å²) in [5, 5.41) is 3.06. The van der Waals surface area contributed by atoms with E-state index in [1.807, 2.05) is 20.9 Å². The monoisotopic (exact) mass is 254 g/mol. The maximum absolute atomic E-state index is 12.5. The summed E-state index contributed by atoms with van der Waals surface area (Å²) in [6.07, 6.45) is -3.27. The quantitative estimate of drug-likeness (QED) is 0.751. The van der Waals surface area contributed by atoms with Crippen molar-refractivity contribution in [1.29, 1.82) is 0 Å². The Morgan fingerprint density at radius 2 is 1.71 bits per heavy atom. The standard InChI is InChI=1S/C12H25F3N2/c1-6-11(4,7-16-5)8-17(10(2)3)9-12(13,14)15/h10,16H,6-9H2,1-5H3. The predicted molar refractivity (Wildman–Crippen MR) is 65.1 cm³/mol. The number of alkyl halides is 3. The zero-order valence-corrected chi connectivity index (χ0v) is 11.5. The van der Waals surface area contributed by atoms with Crippen molar-refractivity contribution in [3.05, 3.63) is 0 Å². The van der Waals surface area contributed by atoms with Gasteiger partial charge in [-0.15, -0.1) is 0 Å². The van der Waals surface area contributed by atoms with Crippen molar-refractivity contribution in [2.24, 2.45) is 5.41 Å². The lowest BCUT2D eigenvalue weighted by molar-refractivity contribution is -0.152. The van der Waals surface area contributed by atoms with Crippen LogP contribution in [-0.2, 0) is 0 Å². The van der Waals surface area contributed by atoms with Crippen LogP contribution < -0.4 is 5.32 Å². The first-order chi connectivity index (χ1) is 7.63. The normalized spacial score (nSPS) is 16.6. The number of halogens is 3. The number of nitrogens with zero attached hydrogens (tertiary/aromatic N) is 1. The molecule has 0 aliphatic rings. The molecule has 0 spiro atoms. The van der Waals surface area contributed by atoms with E-state index in [0.717, 1.165) is 13.0 Å². The van der Waals surface area contributed by atoms with E-state index in [1.165, 1.54) is 4.90 Å². The molecular weight excluding hydrogens is 229 g/mol. The van der Waals surface area contributed by atoms with Gasteiger partial charge in [-0.25, -0.2) is 0 Å². The maximum Gasteiger partial charge on any atom is 0.401 e. The van der Waals surface area contributed by atoms with Gasteiger partial charge in [0.2, 0.25) is 0 Å². The molecule has 1 unspecified atom stereocenters. The molecule has 0 aromatic heterocycles. The second-order valence-corrected chi connectivity index (χ2v) is 5.31. The summed E-state index contributed by atoms with van der Waals surface area (Å²) in [6.45, 7) is 8.01. The molecule has 0 aromatic rings. The van der Waals surface area contributed by atoms with Gasteiger partial charge in [0.05, 0.1) is 6.54 Å². The van der Waals surface area contributed by atoms with Crippen LogP contribution in [0.2, 0.25) is 0 Å². The fourth-order valence-corrected chi connectivity index (χ4v) is 1.86. The molecule has 0 saturated carbocycles. The van der Waals surface area contributed by atoms with E-state index >= 15 is 0 Å². The van der Waals surface area contributed by atoms with Gasteiger partial charge < -0.3 is 5.32 Å². The zero-order chi connectivity index (χ0) is 13.7. The summed E-state index contributed by atoms with van der Waals surface area (Å²) in [5.41, 5.74) is -0.121. The molecule has 104 valence electrons. The number of hydrogen-bond donors (Lipinski definition) is 1. The van der Waals surface area contributed by atoms with Gasteiger partial charge in [-0.1, -0.05) is 13.8 Å². The van der Waals surface area contributed by atoms with E-state index < -0.39 is 12.7 Å². The van der Waals surface area contributed by atoms with Crippen molar-refractivity contribution in [3.8, 4) is 0 Å². The highest BCUT2D eigenvalue weighted by molar-refractivity contribution is 4.81. The molecule has 5 heteroatoms. The summed E-state index contributed by atoms with van der Waals surface area (Å²) in [6, 6.07) is -0.0978. The summed E-state index contributed by atoms with van der Waals surface area (Å²) in [7, 11) is 1.83. The van der Waals surface area contributed by atoms with E-state index in [1.54, 1.807) is 13.8 Å². The molecule has 0 aliphatic heterocycles. The van der Waals surface area contributed by atoms with Crippen molar-refractivity contribution in [1.82, 2.24) is 10.2 Å². The van der Waals surface area contributed by atoms with Crippen LogP contribution in [0.25, 0.3) is 0 Å². The molecule has 1 N–H and O–H groups in total. The van der Waals surface area contributed by atoms with Gasteiger partial charge in [-0.2, -0.15) is 13.2 Å². The Kier molecular flexibility index (Phi) is 6.48. The fraction of sp³-hybridized carbons (Fsp3) is 1.00. The second kappa shape index (κ2) is 6.59. The fourth-order valence-electron chi connectivity index (χ4n) is 1.86. The molecule has 0 fully saturated rings. The lowest BCUT2D eigenvalue weighted by Gasteiger charge is -2.37. The summed E-state index contributed by atoms with van der Waals surface area (Å²) in [4.78, 5) is 1.50. The summed E-state index contributed by atoms with van der Waals surface area (Å²) in [5.74, 6) is 0. The molecule has 0 radical (unpaired) electrons. The molecule has 1 atom stereocenters. The lowest BCUT2D eigenvalue weighted by Crippen LogP contribution is -2.47. The third kappa shape index (κ3) is 6.88. The van der Waals surface area contributed by atoms with Gasteiger partial charge in [-0.05, 0) is 32.7 Å². The average Bonchev–Trinajstić information content (AvgIpc) is 2.15. The third-order valence-electron chi connectivity index (χ3n) is 3.15. The first-order valence-electron chi connectivity index (χ1n) is 6.09. The van der Waals surface area contributed by atoms with Crippen molar-refractivity contribution < 1.29 is 13.2 Å². The lowest BCUT2D eigenvalue weighted by atomic mass is 9.86. The molecule has 0 bridgehead atoms. The van der Waals surface area contributed by atoms with Crippen LogP contribution in [-0.4, -0.2) is 43.8 Å². The minimum Gasteiger partial charge on any atom is -0.319 e. The van der Waals surface area contributed by atoms with E-state index in [2.05, 4.69) is 5.32 Å². The molecule has 0 aromatic carbocycles. The van der Waals surface area contributed by atoms with Crippen LogP contribution in [0, 0.1) is 5.41 Å². The number of rotatable bonds is 7. The maximum atomic E-state index is 12.5. The minimum atomic E-state index is -4.13. The van der Waals surface area contributed by atoms with E-state index in [-0.39, 0.29) is 11.5 Å². The highest BCUT2D eigenvalue weighted by Gasteiger charge is 2.35. The van der Waals surface area contributed by atoms with Crippen molar-refractivity contribution in [2.45, 2.75) is 46.3 Å². The van der Waals surface area contributed by atoms with Crippen LogP contribution in [0.5, 0.6) is 0 Å². The predicted octanol–water partition coefficient (Wildman–Crippen LogP) is 2.89. The van der Waals surface area contributed by atoms with Crippen LogP contribution in [0.15, 0.2) is 0 Å². The topological polar surface area (TPSA) is 15.3 Å². The summed E-state index contributed by atoms with van der Waals surface area (Å²) >= 11 is 0. The number of hydrogen-bond acceptors (Lipinski definition) is 2. The van der Waals surface area contributed by atoms with Crippen LogP contribution >= 0.6 is 0 Å². The average molecular weight is 254 g/mol. The van der Waals surface area contributed by atoms with Gasteiger partial charge in [0, 0.05) is 19.1 Å². The second-order valence-electron chi connectivity index (χ2n) is 5.31.